The Hall–Kier alpha value is -2.68. The van der Waals surface area contributed by atoms with E-state index in [0.717, 1.165) is 18.6 Å². The zero-order valence-corrected chi connectivity index (χ0v) is 19.0. The maximum atomic E-state index is 15.1. The summed E-state index contributed by atoms with van der Waals surface area (Å²) in [5, 5.41) is 6.66. The largest absolute Gasteiger partial charge is 0.352 e. The van der Waals surface area contributed by atoms with Gasteiger partial charge in [-0.1, -0.05) is 32.9 Å². The molecule has 1 amide bonds. The first kappa shape index (κ1) is 25.6. The molecule has 0 bridgehead atoms. The Bertz CT molecular complexity index is 930. The van der Waals surface area contributed by atoms with Crippen molar-refractivity contribution >= 4 is 12.2 Å². The number of rotatable bonds is 11. The standard InChI is InChI=1S/C23H30F3N3O3/c1-13(2)8-16(27-5)11-29(17(12-30)9-14(3)4)23(31)21-20(26)22(32-28-21)18-7-6-15(24)10-19(18)25/h6-7,10,12-14,16-17,27H,8-9,11H2,1-5H3. The molecule has 0 fully saturated rings. The van der Waals surface area contributed by atoms with Crippen LogP contribution >= 0.6 is 0 Å². The molecular weight excluding hydrogens is 423 g/mol. The molecule has 1 heterocycles. The molecule has 2 atom stereocenters. The van der Waals surface area contributed by atoms with Gasteiger partial charge in [0.15, 0.2) is 0 Å². The molecule has 0 saturated heterocycles. The topological polar surface area (TPSA) is 75.4 Å². The molecule has 0 saturated carbocycles. The fourth-order valence-electron chi connectivity index (χ4n) is 3.59. The summed E-state index contributed by atoms with van der Waals surface area (Å²) in [6, 6.07) is 1.60. The Morgan fingerprint density at radius 2 is 1.81 bits per heavy atom. The van der Waals surface area contributed by atoms with Crippen molar-refractivity contribution in [3.63, 3.8) is 0 Å². The first-order valence-electron chi connectivity index (χ1n) is 10.6. The summed E-state index contributed by atoms with van der Waals surface area (Å²) in [6.07, 6.45) is 1.77. The van der Waals surface area contributed by atoms with Gasteiger partial charge in [0.25, 0.3) is 5.91 Å². The number of halogens is 3. The van der Waals surface area contributed by atoms with Crippen LogP contribution in [0.3, 0.4) is 0 Å². The predicted octanol–water partition coefficient (Wildman–Crippen LogP) is 4.45. The Kier molecular flexibility index (Phi) is 9.00. The molecule has 2 rings (SSSR count). The SMILES string of the molecule is CNC(CC(C)C)CN(C(=O)c1noc(-c2ccc(F)cc2F)c1F)C(C=O)CC(C)C. The van der Waals surface area contributed by atoms with Crippen LogP contribution in [0.25, 0.3) is 11.3 Å². The molecule has 1 N–H and O–H groups in total. The summed E-state index contributed by atoms with van der Waals surface area (Å²) < 4.78 is 47.3. The third kappa shape index (κ3) is 6.18. The van der Waals surface area contributed by atoms with E-state index >= 15 is 4.39 Å². The van der Waals surface area contributed by atoms with Gasteiger partial charge in [0, 0.05) is 18.7 Å². The Labute approximate surface area is 186 Å². The van der Waals surface area contributed by atoms with Crippen molar-refractivity contribution in [3.05, 3.63) is 41.3 Å². The number of carbonyl (C=O) groups excluding carboxylic acids is 2. The first-order valence-corrected chi connectivity index (χ1v) is 10.6. The van der Waals surface area contributed by atoms with Crippen LogP contribution in [0.15, 0.2) is 22.7 Å². The number of likely N-dealkylation sites (N-methyl/N-ethyl adjacent to an activating group) is 1. The summed E-state index contributed by atoms with van der Waals surface area (Å²) in [5.41, 5.74) is -1.01. The lowest BCUT2D eigenvalue weighted by molar-refractivity contribution is -0.112. The smallest absolute Gasteiger partial charge is 0.279 e. The summed E-state index contributed by atoms with van der Waals surface area (Å²) in [6.45, 7) is 8.03. The number of aldehydes is 1. The second-order valence-corrected chi connectivity index (χ2v) is 8.70. The highest BCUT2D eigenvalue weighted by Gasteiger charge is 2.33. The van der Waals surface area contributed by atoms with Crippen LogP contribution in [0.4, 0.5) is 13.2 Å². The van der Waals surface area contributed by atoms with Gasteiger partial charge in [-0.15, -0.1) is 0 Å². The number of hydrogen-bond donors (Lipinski definition) is 1. The van der Waals surface area contributed by atoms with Gasteiger partial charge < -0.3 is 19.5 Å². The molecule has 0 aliphatic heterocycles. The maximum absolute atomic E-state index is 15.1. The van der Waals surface area contributed by atoms with Gasteiger partial charge >= 0.3 is 0 Å². The van der Waals surface area contributed by atoms with Gasteiger partial charge in [0.05, 0.1) is 11.6 Å². The minimum absolute atomic E-state index is 0.102. The number of benzene rings is 1. The zero-order chi connectivity index (χ0) is 24.0. The van der Waals surface area contributed by atoms with E-state index in [4.69, 9.17) is 4.52 Å². The number of nitrogens with one attached hydrogen (secondary N) is 1. The number of amides is 1. The summed E-state index contributed by atoms with van der Waals surface area (Å²) >= 11 is 0. The molecule has 2 aromatic rings. The van der Waals surface area contributed by atoms with Gasteiger partial charge in [-0.3, -0.25) is 4.79 Å². The van der Waals surface area contributed by atoms with Crippen molar-refractivity contribution in [2.75, 3.05) is 13.6 Å². The highest BCUT2D eigenvalue weighted by molar-refractivity contribution is 5.95. The van der Waals surface area contributed by atoms with E-state index in [2.05, 4.69) is 10.5 Å². The molecule has 0 spiro atoms. The minimum Gasteiger partial charge on any atom is -0.352 e. The number of hydrogen-bond acceptors (Lipinski definition) is 5. The molecule has 2 unspecified atom stereocenters. The average molecular weight is 454 g/mol. The van der Waals surface area contributed by atoms with Crippen LogP contribution in [-0.4, -0.2) is 47.9 Å². The zero-order valence-electron chi connectivity index (χ0n) is 19.0. The second kappa shape index (κ2) is 11.3. The van der Waals surface area contributed by atoms with Crippen LogP contribution in [-0.2, 0) is 4.79 Å². The lowest BCUT2D eigenvalue weighted by Gasteiger charge is -2.32. The van der Waals surface area contributed by atoms with Crippen LogP contribution in [0.2, 0.25) is 0 Å². The van der Waals surface area contributed by atoms with Crippen molar-refractivity contribution in [2.24, 2.45) is 11.8 Å². The van der Waals surface area contributed by atoms with Crippen molar-refractivity contribution in [3.8, 4) is 11.3 Å². The van der Waals surface area contributed by atoms with Crippen LogP contribution < -0.4 is 5.32 Å². The van der Waals surface area contributed by atoms with E-state index in [-0.39, 0.29) is 24.1 Å². The minimum atomic E-state index is -1.16. The van der Waals surface area contributed by atoms with Crippen LogP contribution in [0.5, 0.6) is 0 Å². The fourth-order valence-corrected chi connectivity index (χ4v) is 3.59. The Balaban J connectivity index is 2.44. The van der Waals surface area contributed by atoms with E-state index < -0.39 is 40.9 Å². The number of aromatic nitrogens is 1. The molecule has 1 aromatic heterocycles. The van der Waals surface area contributed by atoms with Gasteiger partial charge in [-0.05, 0) is 43.9 Å². The monoisotopic (exact) mass is 453 g/mol. The highest BCUT2D eigenvalue weighted by Crippen LogP contribution is 2.29. The van der Waals surface area contributed by atoms with Gasteiger partial charge in [0.2, 0.25) is 17.3 Å². The first-order chi connectivity index (χ1) is 15.1. The second-order valence-electron chi connectivity index (χ2n) is 8.70. The molecule has 0 aliphatic carbocycles. The normalized spacial score (nSPS) is 13.4. The number of nitrogens with zero attached hydrogens (tertiary/aromatic N) is 2. The lowest BCUT2D eigenvalue weighted by atomic mass is 9.99. The van der Waals surface area contributed by atoms with E-state index in [1.807, 2.05) is 27.7 Å². The predicted molar refractivity (Wildman–Crippen MR) is 114 cm³/mol. The van der Waals surface area contributed by atoms with Gasteiger partial charge in [-0.25, -0.2) is 8.78 Å². The Morgan fingerprint density at radius 1 is 1.16 bits per heavy atom. The third-order valence-electron chi connectivity index (χ3n) is 5.13. The van der Waals surface area contributed by atoms with E-state index in [9.17, 15) is 18.4 Å². The highest BCUT2D eigenvalue weighted by atomic mass is 19.1. The van der Waals surface area contributed by atoms with Crippen molar-refractivity contribution < 1.29 is 27.3 Å². The molecule has 9 heteroatoms. The maximum Gasteiger partial charge on any atom is 0.279 e. The molecule has 1 aromatic carbocycles. The molecule has 176 valence electrons. The molecule has 6 nitrogen and oxygen atoms in total. The Morgan fingerprint density at radius 3 is 2.34 bits per heavy atom. The van der Waals surface area contributed by atoms with Crippen LogP contribution in [0.1, 0.15) is 51.0 Å². The molecular formula is C23H30F3N3O3. The summed E-state index contributed by atoms with van der Waals surface area (Å²) in [4.78, 5) is 26.4. The van der Waals surface area contributed by atoms with E-state index in [1.165, 1.54) is 4.90 Å². The van der Waals surface area contributed by atoms with Crippen LogP contribution in [0, 0.1) is 29.3 Å². The van der Waals surface area contributed by atoms with E-state index in [0.29, 0.717) is 24.7 Å². The van der Waals surface area contributed by atoms with E-state index in [1.54, 1.807) is 7.05 Å². The lowest BCUT2D eigenvalue weighted by Crippen LogP contribution is -2.49. The average Bonchev–Trinajstić information content (AvgIpc) is 3.09. The summed E-state index contributed by atoms with van der Waals surface area (Å²) in [7, 11) is 1.75. The third-order valence-corrected chi connectivity index (χ3v) is 5.13. The quantitative estimate of drug-likeness (QED) is 0.509. The molecule has 0 aliphatic rings. The van der Waals surface area contributed by atoms with Gasteiger partial charge in [0.1, 0.15) is 17.9 Å². The number of carbonyl (C=O) groups is 2. The fraction of sp³-hybridized carbons (Fsp3) is 0.522. The summed E-state index contributed by atoms with van der Waals surface area (Å²) in [5.74, 6) is -4.06. The molecule has 0 radical (unpaired) electrons. The molecule has 32 heavy (non-hydrogen) atoms. The van der Waals surface area contributed by atoms with Gasteiger partial charge in [-0.2, -0.15) is 4.39 Å². The van der Waals surface area contributed by atoms with Crippen molar-refractivity contribution in [1.82, 2.24) is 15.4 Å². The van der Waals surface area contributed by atoms with Crippen molar-refractivity contribution in [1.29, 1.82) is 0 Å². The van der Waals surface area contributed by atoms with Crippen molar-refractivity contribution in [2.45, 2.75) is 52.6 Å².